The summed E-state index contributed by atoms with van der Waals surface area (Å²) in [6.07, 6.45) is -4.70. The van der Waals surface area contributed by atoms with Crippen molar-refractivity contribution in [2.75, 3.05) is 23.6 Å². The van der Waals surface area contributed by atoms with Crippen LogP contribution in [-0.2, 0) is 22.9 Å². The summed E-state index contributed by atoms with van der Waals surface area (Å²) in [5.41, 5.74) is 0.641. The quantitative estimate of drug-likeness (QED) is 0.290. The first-order valence-electron chi connectivity index (χ1n) is 12.9. The fourth-order valence-corrected chi connectivity index (χ4v) is 5.89. The third-order valence-electron chi connectivity index (χ3n) is 7.74. The van der Waals surface area contributed by atoms with Gasteiger partial charge in [0.25, 0.3) is 5.91 Å². The van der Waals surface area contributed by atoms with E-state index in [-0.39, 0.29) is 36.4 Å². The maximum atomic E-state index is 14.2. The molecule has 0 aromatic heterocycles. The highest BCUT2D eigenvalue weighted by atomic mass is 35.5. The molecule has 0 bridgehead atoms. The maximum Gasteiger partial charge on any atom is 0.418 e. The summed E-state index contributed by atoms with van der Waals surface area (Å²) in [6, 6.07) is 20.6. The maximum absolute atomic E-state index is 14.2. The van der Waals surface area contributed by atoms with Crippen LogP contribution in [0.3, 0.4) is 0 Å². The van der Waals surface area contributed by atoms with Gasteiger partial charge in [0.05, 0.1) is 17.8 Å². The minimum atomic E-state index is -4.70. The van der Waals surface area contributed by atoms with Gasteiger partial charge in [0, 0.05) is 27.9 Å². The standard InChI is InChI=1S/C31H20ClF3N2O5/c32-19-9-10-23(21(11-19)31(33,34)35)36-28(38)18-7-5-17(6-8-18)14-37-24-4-2-1-3-20(24)30(29(37)39)15-40-25-13-27-26(12-22(25)30)41-16-42-27/h1-13H,14-16H2,(H,36,38). The van der Waals surface area contributed by atoms with E-state index in [9.17, 15) is 22.8 Å². The topological polar surface area (TPSA) is 77.1 Å². The predicted octanol–water partition coefficient (Wildman–Crippen LogP) is 6.57. The zero-order valence-electron chi connectivity index (χ0n) is 21.6. The summed E-state index contributed by atoms with van der Waals surface area (Å²) in [6.45, 7) is 0.426. The number of alkyl halides is 3. The fraction of sp³-hybridized carbons (Fsp3) is 0.161. The normalized spacial score (nSPS) is 18.2. The van der Waals surface area contributed by atoms with Gasteiger partial charge in [0.2, 0.25) is 12.7 Å². The van der Waals surface area contributed by atoms with Gasteiger partial charge in [-0.2, -0.15) is 13.2 Å². The van der Waals surface area contributed by atoms with E-state index in [1.807, 2.05) is 24.3 Å². The van der Waals surface area contributed by atoms with Crippen LogP contribution in [0.4, 0.5) is 24.5 Å². The Hall–Kier alpha value is -4.70. The summed E-state index contributed by atoms with van der Waals surface area (Å²) in [7, 11) is 0. The van der Waals surface area contributed by atoms with Crippen LogP contribution in [0.15, 0.2) is 78.9 Å². The first-order valence-corrected chi connectivity index (χ1v) is 13.3. The van der Waals surface area contributed by atoms with E-state index < -0.39 is 28.7 Å². The average Bonchev–Trinajstić information content (AvgIpc) is 3.65. The first-order chi connectivity index (χ1) is 20.1. The van der Waals surface area contributed by atoms with E-state index in [1.54, 1.807) is 29.2 Å². The Bertz CT molecular complexity index is 1780. The number of rotatable bonds is 4. The second-order valence-electron chi connectivity index (χ2n) is 10.1. The molecule has 1 spiro atoms. The lowest BCUT2D eigenvalue weighted by Crippen LogP contribution is -2.42. The minimum absolute atomic E-state index is 0.0941. The van der Waals surface area contributed by atoms with Gasteiger partial charge in [-0.25, -0.2) is 0 Å². The van der Waals surface area contributed by atoms with Crippen molar-refractivity contribution in [1.82, 2.24) is 0 Å². The van der Waals surface area contributed by atoms with E-state index in [2.05, 4.69) is 5.32 Å². The third kappa shape index (κ3) is 4.05. The average molecular weight is 593 g/mol. The molecule has 4 aromatic rings. The van der Waals surface area contributed by atoms with Gasteiger partial charge in [-0.15, -0.1) is 0 Å². The second-order valence-corrected chi connectivity index (χ2v) is 10.6. The van der Waals surface area contributed by atoms with Gasteiger partial charge in [-0.3, -0.25) is 9.59 Å². The van der Waals surface area contributed by atoms with Crippen LogP contribution in [-0.4, -0.2) is 25.2 Å². The number of amides is 2. The van der Waals surface area contributed by atoms with Crippen LogP contribution in [0, 0.1) is 0 Å². The van der Waals surface area contributed by atoms with E-state index in [1.165, 1.54) is 18.2 Å². The number of carbonyl (C=O) groups excluding carboxylic acids is 2. The number of para-hydroxylation sites is 1. The molecular weight excluding hydrogens is 573 g/mol. The van der Waals surface area contributed by atoms with Gasteiger partial charge in [0.1, 0.15) is 17.8 Å². The third-order valence-corrected chi connectivity index (χ3v) is 7.97. The van der Waals surface area contributed by atoms with Crippen molar-refractivity contribution in [1.29, 1.82) is 0 Å². The molecule has 3 heterocycles. The number of hydrogen-bond acceptors (Lipinski definition) is 5. The van der Waals surface area contributed by atoms with Gasteiger partial charge in [0.15, 0.2) is 11.5 Å². The minimum Gasteiger partial charge on any atom is -0.491 e. The molecule has 0 fully saturated rings. The van der Waals surface area contributed by atoms with Gasteiger partial charge >= 0.3 is 6.18 Å². The van der Waals surface area contributed by atoms with Crippen molar-refractivity contribution in [2.45, 2.75) is 18.1 Å². The monoisotopic (exact) mass is 592 g/mol. The van der Waals surface area contributed by atoms with E-state index in [0.717, 1.165) is 28.9 Å². The number of ether oxygens (including phenoxy) is 3. The Morgan fingerprint density at radius 3 is 2.40 bits per heavy atom. The summed E-state index contributed by atoms with van der Waals surface area (Å²) >= 11 is 5.73. The molecular formula is C31H20ClF3N2O5. The Morgan fingerprint density at radius 1 is 0.905 bits per heavy atom. The number of benzene rings is 4. The highest BCUT2D eigenvalue weighted by Gasteiger charge is 2.57. The fourth-order valence-electron chi connectivity index (χ4n) is 5.72. The zero-order valence-corrected chi connectivity index (χ0v) is 22.4. The van der Waals surface area contributed by atoms with Crippen molar-refractivity contribution in [3.63, 3.8) is 0 Å². The summed E-state index contributed by atoms with van der Waals surface area (Å²) in [5, 5.41) is 2.22. The molecule has 0 radical (unpaired) electrons. The highest BCUT2D eigenvalue weighted by molar-refractivity contribution is 6.30. The number of nitrogens with one attached hydrogen (secondary N) is 1. The smallest absolute Gasteiger partial charge is 0.418 e. The number of nitrogens with zero attached hydrogens (tertiary/aromatic N) is 1. The molecule has 3 aliphatic rings. The molecule has 212 valence electrons. The number of fused-ring (bicyclic) bond motifs is 5. The Labute approximate surface area is 242 Å². The SMILES string of the molecule is O=C(Nc1ccc(Cl)cc1C(F)(F)F)c1ccc(CN2C(=O)C3(COc4cc5c(cc43)OCO5)c3ccccc32)cc1. The lowest BCUT2D eigenvalue weighted by atomic mass is 9.77. The van der Waals surface area contributed by atoms with Crippen molar-refractivity contribution < 1.29 is 37.0 Å². The van der Waals surface area contributed by atoms with Crippen LogP contribution < -0.4 is 24.4 Å². The molecule has 1 unspecified atom stereocenters. The first kappa shape index (κ1) is 26.2. The van der Waals surface area contributed by atoms with Crippen LogP contribution >= 0.6 is 11.6 Å². The van der Waals surface area contributed by atoms with Crippen LogP contribution in [0.25, 0.3) is 0 Å². The van der Waals surface area contributed by atoms with E-state index >= 15 is 0 Å². The number of hydrogen-bond donors (Lipinski definition) is 1. The Balaban J connectivity index is 1.15. The Morgan fingerprint density at radius 2 is 1.64 bits per heavy atom. The number of anilines is 2. The molecule has 1 N–H and O–H groups in total. The number of halogens is 4. The second kappa shape index (κ2) is 9.42. The molecule has 4 aromatic carbocycles. The molecule has 3 aliphatic heterocycles. The lowest BCUT2D eigenvalue weighted by Gasteiger charge is -2.23. The Kier molecular flexibility index (Phi) is 5.88. The molecule has 1 atom stereocenters. The molecule has 0 saturated carbocycles. The van der Waals surface area contributed by atoms with Crippen LogP contribution in [0.5, 0.6) is 17.2 Å². The van der Waals surface area contributed by atoms with Crippen molar-refractivity contribution in [3.8, 4) is 17.2 Å². The van der Waals surface area contributed by atoms with Crippen molar-refractivity contribution >= 4 is 34.8 Å². The van der Waals surface area contributed by atoms with E-state index in [4.69, 9.17) is 25.8 Å². The summed E-state index contributed by atoms with van der Waals surface area (Å²) in [4.78, 5) is 28.7. The highest BCUT2D eigenvalue weighted by Crippen LogP contribution is 2.55. The largest absolute Gasteiger partial charge is 0.491 e. The summed E-state index contributed by atoms with van der Waals surface area (Å²) in [5.74, 6) is 0.808. The molecule has 11 heteroatoms. The zero-order chi connectivity index (χ0) is 29.2. The van der Waals surface area contributed by atoms with E-state index in [0.29, 0.717) is 22.8 Å². The summed E-state index contributed by atoms with van der Waals surface area (Å²) < 4.78 is 57.4. The molecule has 2 amide bonds. The van der Waals surface area contributed by atoms with Crippen molar-refractivity contribution in [2.24, 2.45) is 0 Å². The molecule has 7 nitrogen and oxygen atoms in total. The van der Waals surface area contributed by atoms with Crippen LogP contribution in [0.2, 0.25) is 5.02 Å². The lowest BCUT2D eigenvalue weighted by molar-refractivity contribution is -0.137. The van der Waals surface area contributed by atoms with Gasteiger partial charge in [-0.05, 0) is 53.6 Å². The molecule has 0 aliphatic carbocycles. The van der Waals surface area contributed by atoms with Gasteiger partial charge < -0.3 is 24.4 Å². The van der Waals surface area contributed by atoms with Crippen LogP contribution in [0.1, 0.15) is 32.6 Å². The molecule has 0 saturated heterocycles. The van der Waals surface area contributed by atoms with Gasteiger partial charge in [-0.1, -0.05) is 41.9 Å². The molecule has 7 rings (SSSR count). The predicted molar refractivity (Wildman–Crippen MR) is 147 cm³/mol. The number of carbonyl (C=O) groups is 2. The van der Waals surface area contributed by atoms with Crippen molar-refractivity contribution in [3.05, 3.63) is 112 Å². The molecule has 42 heavy (non-hydrogen) atoms.